The van der Waals surface area contributed by atoms with Gasteiger partial charge in [0.15, 0.2) is 12.6 Å². The summed E-state index contributed by atoms with van der Waals surface area (Å²) in [6, 6.07) is -1.29. The van der Waals surface area contributed by atoms with Crippen LogP contribution < -0.4 is 5.32 Å². The minimum atomic E-state index is -1.73. The first-order chi connectivity index (χ1) is 12.2. The van der Waals surface area contributed by atoms with Crippen molar-refractivity contribution in [2.45, 2.75) is 68.3 Å². The summed E-state index contributed by atoms with van der Waals surface area (Å²) in [6.45, 7) is -0.195. The molecule has 2 aliphatic heterocycles. The lowest BCUT2D eigenvalue weighted by molar-refractivity contribution is -0.345. The molecule has 152 valence electrons. The Morgan fingerprint density at radius 1 is 0.923 bits per heavy atom. The number of aliphatic hydroxyl groups excluding tert-OH is 7. The lowest BCUT2D eigenvalue weighted by Crippen LogP contribution is -2.67. The first kappa shape index (κ1) is 21.4. The zero-order valence-corrected chi connectivity index (χ0v) is 14.0. The highest BCUT2D eigenvalue weighted by atomic mass is 16.7. The molecule has 0 bridgehead atoms. The smallest absolute Gasteiger partial charge is 0.217 e. The van der Waals surface area contributed by atoms with E-state index in [4.69, 9.17) is 14.2 Å². The van der Waals surface area contributed by atoms with E-state index in [1.807, 2.05) is 0 Å². The number of rotatable bonds is 5. The van der Waals surface area contributed by atoms with E-state index in [9.17, 15) is 40.5 Å². The van der Waals surface area contributed by atoms with E-state index in [0.29, 0.717) is 0 Å². The molecule has 0 aromatic carbocycles. The lowest BCUT2D eigenvalue weighted by atomic mass is 9.95. The van der Waals surface area contributed by atoms with E-state index >= 15 is 0 Å². The van der Waals surface area contributed by atoms with E-state index < -0.39 is 80.5 Å². The molecule has 12 heteroatoms. The number of ether oxygens (including phenoxy) is 3. The van der Waals surface area contributed by atoms with Gasteiger partial charge in [-0.2, -0.15) is 0 Å². The fourth-order valence-corrected chi connectivity index (χ4v) is 2.98. The van der Waals surface area contributed by atoms with Crippen LogP contribution in [0.2, 0.25) is 0 Å². The topological polar surface area (TPSA) is 198 Å². The van der Waals surface area contributed by atoms with Crippen molar-refractivity contribution in [2.75, 3.05) is 13.2 Å². The number of hydrogen-bond donors (Lipinski definition) is 8. The molecule has 10 atom stereocenters. The minimum absolute atomic E-state index is 0.564. The summed E-state index contributed by atoms with van der Waals surface area (Å²) in [7, 11) is 0. The second-order valence-corrected chi connectivity index (χ2v) is 6.26. The van der Waals surface area contributed by atoms with Crippen molar-refractivity contribution in [1.29, 1.82) is 0 Å². The highest BCUT2D eigenvalue weighted by Crippen LogP contribution is 2.28. The maximum atomic E-state index is 11.2. The number of amides is 1. The van der Waals surface area contributed by atoms with Crippen LogP contribution in [0.25, 0.3) is 0 Å². The molecule has 0 aliphatic carbocycles. The molecule has 0 aromatic rings. The Bertz CT molecular complexity index is 478. The highest BCUT2D eigenvalue weighted by molar-refractivity contribution is 5.73. The van der Waals surface area contributed by atoms with Crippen LogP contribution in [0.15, 0.2) is 0 Å². The number of nitrogens with one attached hydrogen (secondary N) is 1. The van der Waals surface area contributed by atoms with Crippen LogP contribution in [-0.4, -0.2) is 116 Å². The molecule has 2 fully saturated rings. The van der Waals surface area contributed by atoms with Gasteiger partial charge in [-0.1, -0.05) is 0 Å². The van der Waals surface area contributed by atoms with Gasteiger partial charge in [0.1, 0.15) is 48.8 Å². The third-order valence-electron chi connectivity index (χ3n) is 4.38. The van der Waals surface area contributed by atoms with E-state index in [-0.39, 0.29) is 0 Å². The van der Waals surface area contributed by atoms with E-state index in [1.54, 1.807) is 0 Å². The molecular weight excluding hydrogens is 358 g/mol. The molecule has 0 aromatic heterocycles. The van der Waals surface area contributed by atoms with Gasteiger partial charge < -0.3 is 55.3 Å². The molecule has 1 unspecified atom stereocenters. The van der Waals surface area contributed by atoms with Gasteiger partial charge in [-0.05, 0) is 0 Å². The third-order valence-corrected chi connectivity index (χ3v) is 4.38. The Morgan fingerprint density at radius 2 is 1.54 bits per heavy atom. The number of carbonyl (C=O) groups is 1. The molecule has 2 rings (SSSR count). The molecule has 12 nitrogen and oxygen atoms in total. The molecule has 2 saturated heterocycles. The maximum Gasteiger partial charge on any atom is 0.217 e. The molecule has 8 N–H and O–H groups in total. The average Bonchev–Trinajstić information content (AvgIpc) is 2.60. The highest BCUT2D eigenvalue weighted by Gasteiger charge is 2.50. The molecule has 2 aliphatic rings. The largest absolute Gasteiger partial charge is 0.394 e. The van der Waals surface area contributed by atoms with Gasteiger partial charge in [-0.3, -0.25) is 4.79 Å². The fraction of sp³-hybridized carbons (Fsp3) is 0.929. The van der Waals surface area contributed by atoms with Crippen molar-refractivity contribution >= 4 is 5.91 Å². The minimum Gasteiger partial charge on any atom is -0.394 e. The normalized spacial score (nSPS) is 46.8. The quantitative estimate of drug-likeness (QED) is 0.226. The van der Waals surface area contributed by atoms with Crippen LogP contribution in [0, 0.1) is 0 Å². The summed E-state index contributed by atoms with van der Waals surface area (Å²) in [6.07, 6.45) is -13.6. The number of hydrogen-bond acceptors (Lipinski definition) is 11. The van der Waals surface area contributed by atoms with E-state index in [2.05, 4.69) is 5.32 Å². The Labute approximate surface area is 148 Å². The van der Waals surface area contributed by atoms with Gasteiger partial charge in [-0.15, -0.1) is 0 Å². The molecule has 1 amide bonds. The summed E-state index contributed by atoms with van der Waals surface area (Å²) >= 11 is 0. The first-order valence-corrected chi connectivity index (χ1v) is 8.06. The summed E-state index contributed by atoms with van der Waals surface area (Å²) < 4.78 is 15.7. The van der Waals surface area contributed by atoms with Crippen LogP contribution in [0.3, 0.4) is 0 Å². The van der Waals surface area contributed by atoms with Gasteiger partial charge in [0.25, 0.3) is 0 Å². The molecule has 0 saturated carbocycles. The third kappa shape index (κ3) is 4.31. The second-order valence-electron chi connectivity index (χ2n) is 6.26. The molecule has 0 spiro atoms. The summed E-state index contributed by atoms with van der Waals surface area (Å²) in [5.74, 6) is -0.564. The SMILES string of the molecule is CC(=O)N[C@@H]1[C@@H](O)[C@H](OC2O[C@H](CO)[C@@H](O)[C@H](O)[C@@H]2O)[C@@H](CO)O[C@H]1O. The number of aliphatic hydroxyl groups is 7. The Kier molecular flexibility index (Phi) is 7.27. The predicted molar refractivity (Wildman–Crippen MR) is 80.2 cm³/mol. The summed E-state index contributed by atoms with van der Waals surface area (Å²) in [5.41, 5.74) is 0. The fourth-order valence-electron chi connectivity index (χ4n) is 2.98. The van der Waals surface area contributed by atoms with Gasteiger partial charge in [0, 0.05) is 6.92 Å². The van der Waals surface area contributed by atoms with E-state index in [1.165, 1.54) is 0 Å². The summed E-state index contributed by atoms with van der Waals surface area (Å²) in [4.78, 5) is 11.2. The molecule has 2 heterocycles. The van der Waals surface area contributed by atoms with Crippen molar-refractivity contribution in [3.05, 3.63) is 0 Å². The van der Waals surface area contributed by atoms with Crippen LogP contribution in [0.4, 0.5) is 0 Å². The van der Waals surface area contributed by atoms with Gasteiger partial charge in [0.05, 0.1) is 13.2 Å². The molecule has 26 heavy (non-hydrogen) atoms. The Morgan fingerprint density at radius 3 is 2.08 bits per heavy atom. The van der Waals surface area contributed by atoms with Crippen molar-refractivity contribution in [1.82, 2.24) is 5.32 Å². The zero-order valence-electron chi connectivity index (χ0n) is 14.0. The predicted octanol–water partition coefficient (Wildman–Crippen LogP) is -5.25. The second kappa shape index (κ2) is 8.84. The standard InChI is InChI=1S/C14H25NO11/c1-4(18)15-7-9(20)12(6(3-17)24-13(7)23)26-14-11(22)10(21)8(19)5(2-16)25-14/h5-14,16-17,19-23H,2-3H2,1H3,(H,15,18)/t5-,6-,7-,8-,9-,10+,11+,12-,13-,14?/m1/s1. The Hall–Kier alpha value is -0.930. The van der Waals surface area contributed by atoms with Gasteiger partial charge in [-0.25, -0.2) is 0 Å². The van der Waals surface area contributed by atoms with Crippen molar-refractivity contribution in [3.8, 4) is 0 Å². The van der Waals surface area contributed by atoms with Crippen LogP contribution in [0.5, 0.6) is 0 Å². The van der Waals surface area contributed by atoms with Crippen molar-refractivity contribution in [3.63, 3.8) is 0 Å². The summed E-state index contributed by atoms with van der Waals surface area (Å²) in [5, 5.41) is 70.7. The lowest BCUT2D eigenvalue weighted by Gasteiger charge is -2.46. The molecule has 0 radical (unpaired) electrons. The maximum absolute atomic E-state index is 11.2. The van der Waals surface area contributed by atoms with Crippen LogP contribution in [-0.2, 0) is 19.0 Å². The average molecular weight is 383 g/mol. The van der Waals surface area contributed by atoms with Crippen LogP contribution >= 0.6 is 0 Å². The van der Waals surface area contributed by atoms with Crippen LogP contribution in [0.1, 0.15) is 6.92 Å². The first-order valence-electron chi connectivity index (χ1n) is 8.06. The van der Waals surface area contributed by atoms with Crippen molar-refractivity contribution < 1.29 is 54.8 Å². The zero-order chi connectivity index (χ0) is 19.6. The van der Waals surface area contributed by atoms with Gasteiger partial charge in [0.2, 0.25) is 5.91 Å². The molecular formula is C14H25NO11. The monoisotopic (exact) mass is 383 g/mol. The Balaban J connectivity index is 2.16. The van der Waals surface area contributed by atoms with E-state index in [0.717, 1.165) is 6.92 Å². The number of carbonyl (C=O) groups excluding carboxylic acids is 1. The van der Waals surface area contributed by atoms with Gasteiger partial charge >= 0.3 is 0 Å². The van der Waals surface area contributed by atoms with Crippen molar-refractivity contribution in [2.24, 2.45) is 0 Å².